The molecule has 0 saturated carbocycles. The number of hydrogen-bond acceptors (Lipinski definition) is 6. The Labute approximate surface area is 146 Å². The first-order chi connectivity index (χ1) is 11.0. The van der Waals surface area contributed by atoms with Gasteiger partial charge in [-0.25, -0.2) is 4.98 Å². The van der Waals surface area contributed by atoms with E-state index in [1.165, 1.54) is 22.1 Å². The molecule has 0 aliphatic carbocycles. The zero-order valence-corrected chi connectivity index (χ0v) is 15.6. The van der Waals surface area contributed by atoms with Crippen LogP contribution in [0.25, 0.3) is 0 Å². The summed E-state index contributed by atoms with van der Waals surface area (Å²) in [4.78, 5) is 4.39. The number of anilines is 1. The standard InChI is InChI=1S/C17H25N3OS2/c1-17(2,3)13-10-19-14(21-13)11-22-16-7-6-15(23-16)20-12-5-4-8-18-9-12/h6-7,10,12,18,20H,4-5,8-9,11H2,1-3H3/t12-/m1/s1. The average molecular weight is 352 g/mol. The first-order valence-corrected chi connectivity index (χ1v) is 9.96. The first kappa shape index (κ1) is 16.9. The maximum Gasteiger partial charge on any atom is 0.204 e. The Balaban J connectivity index is 1.51. The lowest BCUT2D eigenvalue weighted by Crippen LogP contribution is -2.38. The van der Waals surface area contributed by atoms with Gasteiger partial charge in [0.25, 0.3) is 0 Å². The quantitative estimate of drug-likeness (QED) is 0.777. The molecule has 0 aromatic carbocycles. The van der Waals surface area contributed by atoms with Crippen LogP contribution in [0.3, 0.4) is 0 Å². The van der Waals surface area contributed by atoms with Crippen LogP contribution in [0, 0.1) is 0 Å². The fourth-order valence-corrected chi connectivity index (χ4v) is 4.47. The van der Waals surface area contributed by atoms with Crippen LogP contribution in [0.15, 0.2) is 27.0 Å². The molecule has 2 aromatic heterocycles. The topological polar surface area (TPSA) is 50.1 Å². The van der Waals surface area contributed by atoms with Crippen LogP contribution in [0.5, 0.6) is 0 Å². The number of aromatic nitrogens is 1. The number of oxazole rings is 1. The number of thioether (sulfide) groups is 1. The van der Waals surface area contributed by atoms with Gasteiger partial charge in [-0.2, -0.15) is 0 Å². The third-order valence-corrected chi connectivity index (χ3v) is 6.08. The van der Waals surface area contributed by atoms with Crippen LogP contribution in [0.4, 0.5) is 5.00 Å². The molecule has 3 heterocycles. The minimum Gasteiger partial charge on any atom is -0.444 e. The van der Waals surface area contributed by atoms with E-state index in [2.05, 4.69) is 48.5 Å². The zero-order chi connectivity index (χ0) is 16.3. The lowest BCUT2D eigenvalue weighted by molar-refractivity contribution is 0.391. The summed E-state index contributed by atoms with van der Waals surface area (Å²) >= 11 is 3.60. The van der Waals surface area contributed by atoms with Gasteiger partial charge in [0.1, 0.15) is 5.76 Å². The fourth-order valence-electron chi connectivity index (χ4n) is 2.51. The second-order valence-corrected chi connectivity index (χ2v) is 9.32. The Morgan fingerprint density at radius 3 is 3.00 bits per heavy atom. The molecule has 1 atom stereocenters. The molecule has 0 bridgehead atoms. The van der Waals surface area contributed by atoms with Crippen LogP contribution >= 0.6 is 23.1 Å². The number of thiophene rings is 1. The third kappa shape index (κ3) is 4.75. The highest BCUT2D eigenvalue weighted by Gasteiger charge is 2.19. The molecule has 1 aliphatic rings. The fraction of sp³-hybridized carbons (Fsp3) is 0.588. The van der Waals surface area contributed by atoms with E-state index >= 15 is 0 Å². The lowest BCUT2D eigenvalue weighted by atomic mass is 9.94. The van der Waals surface area contributed by atoms with Crippen molar-refractivity contribution in [3.63, 3.8) is 0 Å². The van der Waals surface area contributed by atoms with Gasteiger partial charge in [-0.3, -0.25) is 0 Å². The van der Waals surface area contributed by atoms with Gasteiger partial charge in [-0.05, 0) is 31.5 Å². The molecule has 1 saturated heterocycles. The monoisotopic (exact) mass is 351 g/mol. The minimum absolute atomic E-state index is 0.0178. The van der Waals surface area contributed by atoms with Gasteiger partial charge < -0.3 is 15.1 Å². The number of hydrogen-bond donors (Lipinski definition) is 2. The highest BCUT2D eigenvalue weighted by atomic mass is 32.2. The van der Waals surface area contributed by atoms with Crippen molar-refractivity contribution in [2.45, 2.75) is 55.0 Å². The summed E-state index contributed by atoms with van der Waals surface area (Å²) in [5.41, 5.74) is 0.0178. The SMILES string of the molecule is CC(C)(C)c1cnc(CSc2ccc(N[C@@H]3CCCNC3)s2)o1. The molecule has 6 heteroatoms. The molecule has 23 heavy (non-hydrogen) atoms. The van der Waals surface area contributed by atoms with Crippen molar-refractivity contribution in [2.75, 3.05) is 18.4 Å². The molecule has 0 amide bonds. The molecule has 1 aliphatic heterocycles. The predicted octanol–water partition coefficient (Wildman–Crippen LogP) is 4.49. The Bertz CT molecular complexity index is 624. The lowest BCUT2D eigenvalue weighted by Gasteiger charge is -2.23. The zero-order valence-electron chi connectivity index (χ0n) is 14.0. The van der Waals surface area contributed by atoms with Crippen LogP contribution in [-0.4, -0.2) is 24.1 Å². The van der Waals surface area contributed by atoms with E-state index in [1.807, 2.05) is 17.5 Å². The summed E-state index contributed by atoms with van der Waals surface area (Å²) in [6.45, 7) is 8.63. The molecule has 1 fully saturated rings. The Hall–Kier alpha value is -0.980. The summed E-state index contributed by atoms with van der Waals surface area (Å²) in [5.74, 6) is 2.53. The highest BCUT2D eigenvalue weighted by Crippen LogP contribution is 2.34. The van der Waals surface area contributed by atoms with E-state index in [-0.39, 0.29) is 5.41 Å². The maximum absolute atomic E-state index is 5.85. The normalized spacial score (nSPS) is 19.0. The van der Waals surface area contributed by atoms with Crippen molar-refractivity contribution in [1.82, 2.24) is 10.3 Å². The van der Waals surface area contributed by atoms with Crippen molar-refractivity contribution >= 4 is 28.1 Å². The second-order valence-electron chi connectivity index (χ2n) is 6.96. The number of piperidine rings is 1. The smallest absolute Gasteiger partial charge is 0.204 e. The van der Waals surface area contributed by atoms with E-state index in [0.29, 0.717) is 6.04 Å². The van der Waals surface area contributed by atoms with Gasteiger partial charge in [-0.15, -0.1) is 23.1 Å². The van der Waals surface area contributed by atoms with E-state index in [4.69, 9.17) is 4.42 Å². The van der Waals surface area contributed by atoms with E-state index in [0.717, 1.165) is 30.5 Å². The number of nitrogens with zero attached hydrogens (tertiary/aromatic N) is 1. The highest BCUT2D eigenvalue weighted by molar-refractivity contribution is 8.00. The van der Waals surface area contributed by atoms with Gasteiger partial charge >= 0.3 is 0 Å². The molecule has 0 unspecified atom stereocenters. The summed E-state index contributed by atoms with van der Waals surface area (Å²) < 4.78 is 7.14. The molecule has 0 spiro atoms. The predicted molar refractivity (Wildman–Crippen MR) is 98.6 cm³/mol. The molecule has 126 valence electrons. The summed E-state index contributed by atoms with van der Waals surface area (Å²) in [6, 6.07) is 4.92. The van der Waals surface area contributed by atoms with Gasteiger partial charge in [-0.1, -0.05) is 20.8 Å². The number of rotatable bonds is 5. The number of nitrogens with one attached hydrogen (secondary N) is 2. The van der Waals surface area contributed by atoms with Crippen LogP contribution in [0.2, 0.25) is 0 Å². The van der Waals surface area contributed by atoms with Gasteiger partial charge in [0, 0.05) is 18.0 Å². The van der Waals surface area contributed by atoms with Gasteiger partial charge in [0.15, 0.2) is 0 Å². The average Bonchev–Trinajstić information content (AvgIpc) is 3.15. The van der Waals surface area contributed by atoms with Crippen molar-refractivity contribution in [2.24, 2.45) is 0 Å². The first-order valence-electron chi connectivity index (χ1n) is 8.16. The van der Waals surface area contributed by atoms with Crippen LogP contribution < -0.4 is 10.6 Å². The van der Waals surface area contributed by atoms with Crippen molar-refractivity contribution in [3.8, 4) is 0 Å². The molecule has 2 N–H and O–H groups in total. The van der Waals surface area contributed by atoms with Crippen molar-refractivity contribution < 1.29 is 4.42 Å². The Morgan fingerprint density at radius 1 is 1.43 bits per heavy atom. The molecular weight excluding hydrogens is 326 g/mol. The van der Waals surface area contributed by atoms with Crippen molar-refractivity contribution in [1.29, 1.82) is 0 Å². The molecule has 0 radical (unpaired) electrons. The Kier molecular flexibility index (Phi) is 5.34. The minimum atomic E-state index is 0.0178. The van der Waals surface area contributed by atoms with Crippen molar-refractivity contribution in [3.05, 3.63) is 30.0 Å². The van der Waals surface area contributed by atoms with E-state index in [1.54, 1.807) is 11.8 Å². The van der Waals surface area contributed by atoms with E-state index in [9.17, 15) is 0 Å². The maximum atomic E-state index is 5.85. The van der Waals surface area contributed by atoms with Crippen LogP contribution in [0.1, 0.15) is 45.3 Å². The van der Waals surface area contributed by atoms with Gasteiger partial charge in [0.05, 0.1) is 21.2 Å². The molecular formula is C17H25N3OS2. The summed E-state index contributed by atoms with van der Waals surface area (Å²) in [7, 11) is 0. The third-order valence-electron chi connectivity index (χ3n) is 3.86. The Morgan fingerprint density at radius 2 is 2.30 bits per heavy atom. The molecule has 4 nitrogen and oxygen atoms in total. The second kappa shape index (κ2) is 7.28. The molecule has 3 rings (SSSR count). The van der Waals surface area contributed by atoms with Crippen LogP contribution in [-0.2, 0) is 11.2 Å². The summed E-state index contributed by atoms with van der Waals surface area (Å²) in [5, 5.41) is 8.32. The summed E-state index contributed by atoms with van der Waals surface area (Å²) in [6.07, 6.45) is 4.36. The molecule has 2 aromatic rings. The van der Waals surface area contributed by atoms with Gasteiger partial charge in [0.2, 0.25) is 5.89 Å². The largest absolute Gasteiger partial charge is 0.444 e. The van der Waals surface area contributed by atoms with E-state index < -0.39 is 0 Å².